The van der Waals surface area contributed by atoms with Crippen molar-refractivity contribution in [3.05, 3.63) is 46.9 Å². The number of hydrogen-bond acceptors (Lipinski definition) is 6. The van der Waals surface area contributed by atoms with Crippen molar-refractivity contribution < 1.29 is 4.79 Å². The molecule has 4 rings (SSSR count). The van der Waals surface area contributed by atoms with Gasteiger partial charge in [-0.15, -0.1) is 0 Å². The van der Waals surface area contributed by atoms with Crippen molar-refractivity contribution in [2.45, 2.75) is 18.9 Å². The van der Waals surface area contributed by atoms with E-state index in [-0.39, 0.29) is 17.5 Å². The Labute approximate surface area is 161 Å². The van der Waals surface area contributed by atoms with Crippen molar-refractivity contribution in [1.29, 1.82) is 0 Å². The number of nitrogens with zero attached hydrogens (tertiary/aromatic N) is 4. The van der Waals surface area contributed by atoms with Crippen molar-refractivity contribution in [2.75, 3.05) is 32.0 Å². The summed E-state index contributed by atoms with van der Waals surface area (Å²) in [6.07, 6.45) is 3.28. The van der Waals surface area contributed by atoms with E-state index >= 15 is 0 Å². The Morgan fingerprint density at radius 1 is 1.25 bits per heavy atom. The lowest BCUT2D eigenvalue weighted by Crippen LogP contribution is -2.43. The lowest BCUT2D eigenvalue weighted by molar-refractivity contribution is -0.122. The van der Waals surface area contributed by atoms with Crippen LogP contribution in [0.4, 0.5) is 5.95 Å². The van der Waals surface area contributed by atoms with E-state index in [9.17, 15) is 9.59 Å². The average Bonchev–Trinajstić information content (AvgIpc) is 3.14. The van der Waals surface area contributed by atoms with Gasteiger partial charge in [0.2, 0.25) is 11.9 Å². The van der Waals surface area contributed by atoms with E-state index in [2.05, 4.69) is 30.6 Å². The average molecular weight is 381 g/mol. The molecule has 0 atom stereocenters. The van der Waals surface area contributed by atoms with Gasteiger partial charge in [-0.05, 0) is 25.0 Å². The standard InChI is InChI=1S/C19H23N7O2/c1-20-16(27)12-25-9-7-13(8-10-25)22-19-23-17-15(18(28)24-19)11-21-26(17)14-5-3-2-4-6-14/h2-6,11,13H,7-10,12H2,1H3,(H,20,27)(H2,22,23,24,28). The lowest BCUT2D eigenvalue weighted by atomic mass is 10.1. The highest BCUT2D eigenvalue weighted by Crippen LogP contribution is 2.17. The third-order valence-corrected chi connectivity index (χ3v) is 5.01. The van der Waals surface area contributed by atoms with E-state index in [0.717, 1.165) is 31.6 Å². The number of rotatable bonds is 5. The van der Waals surface area contributed by atoms with Gasteiger partial charge in [0.1, 0.15) is 5.39 Å². The van der Waals surface area contributed by atoms with Crippen LogP contribution in [0.15, 0.2) is 41.3 Å². The second-order valence-electron chi connectivity index (χ2n) is 6.91. The van der Waals surface area contributed by atoms with Crippen LogP contribution in [0.3, 0.4) is 0 Å². The highest BCUT2D eigenvalue weighted by atomic mass is 16.2. The molecule has 1 aliphatic heterocycles. The van der Waals surface area contributed by atoms with Crippen LogP contribution in [-0.4, -0.2) is 63.3 Å². The number of amides is 1. The summed E-state index contributed by atoms with van der Waals surface area (Å²) in [4.78, 5) is 33.5. The Hall–Kier alpha value is -3.20. The summed E-state index contributed by atoms with van der Waals surface area (Å²) >= 11 is 0. The molecule has 1 aliphatic rings. The van der Waals surface area contributed by atoms with E-state index < -0.39 is 0 Å². The van der Waals surface area contributed by atoms with E-state index in [1.807, 2.05) is 30.3 Å². The zero-order valence-corrected chi connectivity index (χ0v) is 15.7. The molecule has 2 aromatic heterocycles. The van der Waals surface area contributed by atoms with Gasteiger partial charge in [-0.25, -0.2) is 4.68 Å². The zero-order chi connectivity index (χ0) is 19.5. The molecule has 3 aromatic rings. The summed E-state index contributed by atoms with van der Waals surface area (Å²) in [7, 11) is 1.65. The highest BCUT2D eigenvalue weighted by Gasteiger charge is 2.21. The molecule has 0 unspecified atom stereocenters. The van der Waals surface area contributed by atoms with Crippen LogP contribution in [0.2, 0.25) is 0 Å². The van der Waals surface area contributed by atoms with E-state index in [1.54, 1.807) is 11.7 Å². The number of fused-ring (bicyclic) bond motifs is 1. The third-order valence-electron chi connectivity index (χ3n) is 5.01. The first-order valence-corrected chi connectivity index (χ1v) is 9.37. The molecular formula is C19H23N7O2. The number of carbonyl (C=O) groups is 1. The fourth-order valence-corrected chi connectivity index (χ4v) is 3.46. The summed E-state index contributed by atoms with van der Waals surface area (Å²) in [5, 5.41) is 10.8. The monoisotopic (exact) mass is 381 g/mol. The van der Waals surface area contributed by atoms with Gasteiger partial charge < -0.3 is 10.6 Å². The smallest absolute Gasteiger partial charge is 0.263 e. The molecule has 9 heteroatoms. The number of para-hydroxylation sites is 1. The molecule has 1 saturated heterocycles. The molecule has 0 bridgehead atoms. The van der Waals surface area contributed by atoms with Gasteiger partial charge in [0.15, 0.2) is 5.65 Å². The summed E-state index contributed by atoms with van der Waals surface area (Å²) in [5.41, 5.74) is 1.16. The highest BCUT2D eigenvalue weighted by molar-refractivity contribution is 5.77. The molecule has 3 heterocycles. The summed E-state index contributed by atoms with van der Waals surface area (Å²) < 4.78 is 1.67. The molecule has 1 fully saturated rings. The number of nitrogens with one attached hydrogen (secondary N) is 3. The third kappa shape index (κ3) is 3.74. The van der Waals surface area contributed by atoms with Crippen LogP contribution in [0.1, 0.15) is 12.8 Å². The SMILES string of the molecule is CNC(=O)CN1CCC(Nc2nc3c(cnn3-c3ccccc3)c(=O)[nH]2)CC1. The first-order chi connectivity index (χ1) is 13.6. The number of benzene rings is 1. The van der Waals surface area contributed by atoms with Crippen molar-refractivity contribution in [3.63, 3.8) is 0 Å². The quantitative estimate of drug-likeness (QED) is 0.601. The molecule has 146 valence electrons. The summed E-state index contributed by atoms with van der Waals surface area (Å²) in [6.45, 7) is 2.06. The van der Waals surface area contributed by atoms with Crippen molar-refractivity contribution in [1.82, 2.24) is 30.0 Å². The zero-order valence-electron chi connectivity index (χ0n) is 15.7. The molecule has 28 heavy (non-hydrogen) atoms. The van der Waals surface area contributed by atoms with Gasteiger partial charge in [-0.2, -0.15) is 10.1 Å². The minimum atomic E-state index is -0.216. The van der Waals surface area contributed by atoms with E-state index in [4.69, 9.17) is 0 Å². The van der Waals surface area contributed by atoms with Gasteiger partial charge >= 0.3 is 0 Å². The maximum absolute atomic E-state index is 12.5. The molecule has 0 saturated carbocycles. The Kier molecular flexibility index (Phi) is 5.07. The maximum Gasteiger partial charge on any atom is 0.263 e. The predicted molar refractivity (Wildman–Crippen MR) is 107 cm³/mol. The Morgan fingerprint density at radius 3 is 2.71 bits per heavy atom. The molecule has 9 nitrogen and oxygen atoms in total. The van der Waals surface area contributed by atoms with Crippen LogP contribution < -0.4 is 16.2 Å². The number of likely N-dealkylation sites (tertiary alicyclic amines) is 1. The van der Waals surface area contributed by atoms with Crippen molar-refractivity contribution in [2.24, 2.45) is 0 Å². The molecule has 3 N–H and O–H groups in total. The van der Waals surface area contributed by atoms with Crippen molar-refractivity contribution in [3.8, 4) is 5.69 Å². The topological polar surface area (TPSA) is 108 Å². The minimum absolute atomic E-state index is 0.0250. The predicted octanol–water partition coefficient (Wildman–Crippen LogP) is 0.731. The number of likely N-dealkylation sites (N-methyl/N-ethyl adjacent to an activating group) is 1. The molecule has 0 spiro atoms. The van der Waals surface area contributed by atoms with Gasteiger partial charge in [0.25, 0.3) is 5.56 Å². The number of aromatic nitrogens is 4. The molecule has 1 aromatic carbocycles. The Bertz CT molecular complexity index is 1020. The Morgan fingerprint density at radius 2 is 2.00 bits per heavy atom. The summed E-state index contributed by atoms with van der Waals surface area (Å²) in [5.74, 6) is 0.469. The van der Waals surface area contributed by atoms with Crippen LogP contribution in [0.25, 0.3) is 16.7 Å². The second-order valence-corrected chi connectivity index (χ2v) is 6.91. The first-order valence-electron chi connectivity index (χ1n) is 9.37. The number of piperidine rings is 1. The molecule has 0 aliphatic carbocycles. The van der Waals surface area contributed by atoms with Gasteiger partial charge in [0, 0.05) is 26.2 Å². The largest absolute Gasteiger partial charge is 0.358 e. The maximum atomic E-state index is 12.5. The fraction of sp³-hybridized carbons (Fsp3) is 0.368. The van der Waals surface area contributed by atoms with Gasteiger partial charge in [-0.1, -0.05) is 18.2 Å². The molecular weight excluding hydrogens is 358 g/mol. The van der Waals surface area contributed by atoms with E-state index in [0.29, 0.717) is 23.5 Å². The normalized spacial score (nSPS) is 15.6. The number of aromatic amines is 1. The van der Waals surface area contributed by atoms with Crippen LogP contribution in [0.5, 0.6) is 0 Å². The minimum Gasteiger partial charge on any atom is -0.358 e. The lowest BCUT2D eigenvalue weighted by Gasteiger charge is -2.31. The van der Waals surface area contributed by atoms with Crippen LogP contribution in [-0.2, 0) is 4.79 Å². The second kappa shape index (κ2) is 7.81. The number of hydrogen-bond donors (Lipinski definition) is 3. The van der Waals surface area contributed by atoms with Crippen LogP contribution in [0, 0.1) is 0 Å². The number of anilines is 1. The van der Waals surface area contributed by atoms with Crippen LogP contribution >= 0.6 is 0 Å². The number of H-pyrrole nitrogens is 1. The number of carbonyl (C=O) groups excluding carboxylic acids is 1. The summed E-state index contributed by atoms with van der Waals surface area (Å²) in [6, 6.07) is 9.80. The Balaban J connectivity index is 1.51. The molecule has 1 amide bonds. The van der Waals surface area contributed by atoms with Gasteiger partial charge in [-0.3, -0.25) is 19.5 Å². The van der Waals surface area contributed by atoms with Gasteiger partial charge in [0.05, 0.1) is 18.4 Å². The first kappa shape index (κ1) is 18.2. The van der Waals surface area contributed by atoms with E-state index in [1.165, 1.54) is 6.20 Å². The van der Waals surface area contributed by atoms with Crippen molar-refractivity contribution >= 4 is 22.9 Å². The fourth-order valence-electron chi connectivity index (χ4n) is 3.46. The molecule has 0 radical (unpaired) electrons.